The SMILES string of the molecule is COc1ccc(Br)c(CC2CCN(CCC3CCc4ccccc4N3)CC2)c1. The zero-order valence-electron chi connectivity index (χ0n) is 16.8. The topological polar surface area (TPSA) is 24.5 Å². The summed E-state index contributed by atoms with van der Waals surface area (Å²) in [7, 11) is 1.74. The highest BCUT2D eigenvalue weighted by Gasteiger charge is 2.22. The number of anilines is 1. The first kappa shape index (κ1) is 19.8. The fraction of sp³-hybridized carbons (Fsp3) is 0.500. The molecular weight excluding hydrogens is 412 g/mol. The van der Waals surface area contributed by atoms with Crippen LogP contribution in [0.1, 0.15) is 36.8 Å². The van der Waals surface area contributed by atoms with Gasteiger partial charge in [-0.2, -0.15) is 0 Å². The fourth-order valence-corrected chi connectivity index (χ4v) is 5.02. The van der Waals surface area contributed by atoms with Crippen LogP contribution in [0.2, 0.25) is 0 Å². The molecule has 2 aliphatic rings. The molecule has 1 atom stereocenters. The van der Waals surface area contributed by atoms with E-state index in [1.54, 1.807) is 7.11 Å². The summed E-state index contributed by atoms with van der Waals surface area (Å²) >= 11 is 3.71. The molecule has 150 valence electrons. The number of rotatable bonds is 6. The maximum absolute atomic E-state index is 5.39. The summed E-state index contributed by atoms with van der Waals surface area (Å²) in [6.07, 6.45) is 7.46. The second-order valence-corrected chi connectivity index (χ2v) is 9.13. The second-order valence-electron chi connectivity index (χ2n) is 8.27. The van der Waals surface area contributed by atoms with E-state index >= 15 is 0 Å². The quantitative estimate of drug-likeness (QED) is 0.636. The monoisotopic (exact) mass is 442 g/mol. The third-order valence-electron chi connectivity index (χ3n) is 6.40. The van der Waals surface area contributed by atoms with Gasteiger partial charge >= 0.3 is 0 Å². The lowest BCUT2D eigenvalue weighted by atomic mass is 9.89. The molecule has 1 unspecified atom stereocenters. The molecular formula is C24H31BrN2O. The molecule has 0 spiro atoms. The van der Waals surface area contributed by atoms with Crippen LogP contribution in [0.5, 0.6) is 5.75 Å². The van der Waals surface area contributed by atoms with Crippen molar-refractivity contribution >= 4 is 21.6 Å². The summed E-state index contributed by atoms with van der Waals surface area (Å²) in [6, 6.07) is 15.7. The summed E-state index contributed by atoms with van der Waals surface area (Å²) in [5, 5.41) is 3.75. The molecule has 0 aromatic heterocycles. The number of ether oxygens (including phenoxy) is 1. The highest BCUT2D eigenvalue weighted by atomic mass is 79.9. The van der Waals surface area contributed by atoms with E-state index in [2.05, 4.69) is 62.5 Å². The molecule has 28 heavy (non-hydrogen) atoms. The van der Waals surface area contributed by atoms with Gasteiger partial charge in [-0.05, 0) is 92.9 Å². The van der Waals surface area contributed by atoms with Crippen LogP contribution in [0.3, 0.4) is 0 Å². The number of hydrogen-bond acceptors (Lipinski definition) is 3. The van der Waals surface area contributed by atoms with E-state index in [1.165, 1.54) is 73.0 Å². The number of aryl methyl sites for hydroxylation is 1. The van der Waals surface area contributed by atoms with Crippen LogP contribution >= 0.6 is 15.9 Å². The molecule has 2 heterocycles. The van der Waals surface area contributed by atoms with Gasteiger partial charge in [-0.15, -0.1) is 0 Å². The van der Waals surface area contributed by atoms with Gasteiger partial charge in [0, 0.05) is 22.7 Å². The maximum Gasteiger partial charge on any atom is 0.119 e. The number of nitrogens with one attached hydrogen (secondary N) is 1. The van der Waals surface area contributed by atoms with Crippen molar-refractivity contribution in [3.8, 4) is 5.75 Å². The predicted molar refractivity (Wildman–Crippen MR) is 120 cm³/mol. The van der Waals surface area contributed by atoms with Crippen molar-refractivity contribution in [3.05, 3.63) is 58.1 Å². The predicted octanol–water partition coefficient (Wildman–Crippen LogP) is 5.53. The lowest BCUT2D eigenvalue weighted by molar-refractivity contribution is 0.179. The number of piperidine rings is 1. The van der Waals surface area contributed by atoms with Crippen molar-refractivity contribution in [1.82, 2.24) is 4.90 Å². The van der Waals surface area contributed by atoms with Gasteiger partial charge in [-0.1, -0.05) is 34.1 Å². The van der Waals surface area contributed by atoms with Gasteiger partial charge in [-0.3, -0.25) is 0 Å². The lowest BCUT2D eigenvalue weighted by Gasteiger charge is -2.34. The third kappa shape index (κ3) is 4.90. The van der Waals surface area contributed by atoms with Crippen LogP contribution in [-0.4, -0.2) is 37.7 Å². The van der Waals surface area contributed by atoms with E-state index in [-0.39, 0.29) is 0 Å². The van der Waals surface area contributed by atoms with Crippen molar-refractivity contribution in [3.63, 3.8) is 0 Å². The molecule has 4 heteroatoms. The molecule has 0 saturated carbocycles. The molecule has 2 aliphatic heterocycles. The number of hydrogen-bond donors (Lipinski definition) is 1. The molecule has 0 radical (unpaired) electrons. The molecule has 1 N–H and O–H groups in total. The van der Waals surface area contributed by atoms with Crippen LogP contribution in [-0.2, 0) is 12.8 Å². The minimum absolute atomic E-state index is 0.625. The lowest BCUT2D eigenvalue weighted by Crippen LogP contribution is -2.37. The zero-order chi connectivity index (χ0) is 19.3. The number of nitrogens with zero attached hydrogens (tertiary/aromatic N) is 1. The van der Waals surface area contributed by atoms with E-state index in [0.717, 1.165) is 18.1 Å². The van der Waals surface area contributed by atoms with Gasteiger partial charge < -0.3 is 15.0 Å². The molecule has 2 aromatic carbocycles. The fourth-order valence-electron chi connectivity index (χ4n) is 4.62. The Kier molecular flexibility index (Phi) is 6.58. The van der Waals surface area contributed by atoms with Crippen LogP contribution in [0, 0.1) is 5.92 Å². The number of likely N-dealkylation sites (tertiary alicyclic amines) is 1. The van der Waals surface area contributed by atoms with Gasteiger partial charge in [0.05, 0.1) is 7.11 Å². The second kappa shape index (κ2) is 9.32. The Morgan fingerprint density at radius 1 is 1.11 bits per heavy atom. The maximum atomic E-state index is 5.39. The van der Waals surface area contributed by atoms with Gasteiger partial charge in [0.25, 0.3) is 0 Å². The Bertz CT molecular complexity index is 786. The first-order valence-electron chi connectivity index (χ1n) is 10.6. The molecule has 0 aliphatic carbocycles. The minimum atomic E-state index is 0.625. The first-order chi connectivity index (χ1) is 13.7. The normalized spacial score (nSPS) is 20.4. The molecule has 3 nitrogen and oxygen atoms in total. The molecule has 2 aromatic rings. The van der Waals surface area contributed by atoms with E-state index in [9.17, 15) is 0 Å². The van der Waals surface area contributed by atoms with E-state index in [4.69, 9.17) is 4.74 Å². The van der Waals surface area contributed by atoms with Crippen LogP contribution in [0.25, 0.3) is 0 Å². The number of fused-ring (bicyclic) bond motifs is 1. The van der Waals surface area contributed by atoms with Crippen LogP contribution < -0.4 is 10.1 Å². The van der Waals surface area contributed by atoms with Crippen molar-refractivity contribution in [2.45, 2.75) is 44.6 Å². The van der Waals surface area contributed by atoms with Crippen molar-refractivity contribution in [2.24, 2.45) is 5.92 Å². The van der Waals surface area contributed by atoms with Gasteiger partial charge in [0.15, 0.2) is 0 Å². The largest absolute Gasteiger partial charge is 0.497 e. The molecule has 1 fully saturated rings. The third-order valence-corrected chi connectivity index (χ3v) is 7.18. The Morgan fingerprint density at radius 3 is 2.75 bits per heavy atom. The number of benzene rings is 2. The van der Waals surface area contributed by atoms with Gasteiger partial charge in [0.2, 0.25) is 0 Å². The van der Waals surface area contributed by atoms with Gasteiger partial charge in [-0.25, -0.2) is 0 Å². The molecule has 0 bridgehead atoms. The Labute approximate surface area is 177 Å². The van der Waals surface area contributed by atoms with Crippen molar-refractivity contribution in [1.29, 1.82) is 0 Å². The molecule has 4 rings (SSSR count). The standard InChI is InChI=1S/C24H31BrN2O/c1-28-22-8-9-23(25)20(17-22)16-18-10-13-27(14-11-18)15-12-21-7-6-19-4-2-3-5-24(19)26-21/h2-5,8-9,17-18,21,26H,6-7,10-16H2,1H3. The summed E-state index contributed by atoms with van der Waals surface area (Å²) < 4.78 is 6.60. The van der Waals surface area contributed by atoms with Gasteiger partial charge in [0.1, 0.15) is 5.75 Å². The summed E-state index contributed by atoms with van der Waals surface area (Å²) in [4.78, 5) is 2.67. The smallest absolute Gasteiger partial charge is 0.119 e. The average molecular weight is 443 g/mol. The van der Waals surface area contributed by atoms with E-state index in [0.29, 0.717) is 6.04 Å². The number of halogens is 1. The first-order valence-corrected chi connectivity index (χ1v) is 11.4. The van der Waals surface area contributed by atoms with E-state index < -0.39 is 0 Å². The zero-order valence-corrected chi connectivity index (χ0v) is 18.4. The number of methoxy groups -OCH3 is 1. The summed E-state index contributed by atoms with van der Waals surface area (Å²) in [5.41, 5.74) is 4.20. The molecule has 0 amide bonds. The van der Waals surface area contributed by atoms with Crippen molar-refractivity contribution < 1.29 is 4.74 Å². The minimum Gasteiger partial charge on any atom is -0.497 e. The highest BCUT2D eigenvalue weighted by molar-refractivity contribution is 9.10. The average Bonchev–Trinajstić information content (AvgIpc) is 2.74. The Balaban J connectivity index is 1.22. The Hall–Kier alpha value is -1.52. The highest BCUT2D eigenvalue weighted by Crippen LogP contribution is 2.29. The summed E-state index contributed by atoms with van der Waals surface area (Å²) in [6.45, 7) is 3.68. The number of para-hydroxylation sites is 1. The van der Waals surface area contributed by atoms with Crippen LogP contribution in [0.4, 0.5) is 5.69 Å². The Morgan fingerprint density at radius 2 is 1.93 bits per heavy atom. The van der Waals surface area contributed by atoms with E-state index in [1.807, 2.05) is 6.07 Å². The van der Waals surface area contributed by atoms with Crippen molar-refractivity contribution in [2.75, 3.05) is 32.1 Å². The summed E-state index contributed by atoms with van der Waals surface area (Å²) in [5.74, 6) is 1.73. The van der Waals surface area contributed by atoms with Crippen LogP contribution in [0.15, 0.2) is 46.9 Å². The molecule has 1 saturated heterocycles.